The average Bonchev–Trinajstić information content (AvgIpc) is 1.99. The second kappa shape index (κ2) is 4.41. The summed E-state index contributed by atoms with van der Waals surface area (Å²) in [4.78, 5) is 6.59. The molecule has 1 aromatic rings. The first kappa shape index (κ1) is 10.1. The lowest BCUT2D eigenvalue weighted by Crippen LogP contribution is -2.36. The van der Waals surface area contributed by atoms with E-state index in [1.54, 1.807) is 0 Å². The zero-order valence-corrected chi connectivity index (χ0v) is 10.00. The molecular formula is C11H15BrN2. The van der Waals surface area contributed by atoms with E-state index in [1.807, 2.05) is 12.4 Å². The van der Waals surface area contributed by atoms with Crippen LogP contribution in [-0.2, 0) is 6.54 Å². The molecule has 14 heavy (non-hydrogen) atoms. The molecule has 0 aromatic carbocycles. The Morgan fingerprint density at radius 1 is 1.50 bits per heavy atom. The van der Waals surface area contributed by atoms with Gasteiger partial charge in [-0.25, -0.2) is 0 Å². The summed E-state index contributed by atoms with van der Waals surface area (Å²) in [6, 6.07) is 2.94. The van der Waals surface area contributed by atoms with Gasteiger partial charge in [0.15, 0.2) is 0 Å². The maximum Gasteiger partial charge on any atom is 0.0410 e. The van der Waals surface area contributed by atoms with Crippen molar-refractivity contribution in [3.8, 4) is 0 Å². The second-order valence-electron chi connectivity index (χ2n) is 4.01. The Morgan fingerprint density at radius 3 is 2.86 bits per heavy atom. The molecule has 0 N–H and O–H groups in total. The number of pyridine rings is 1. The Balaban J connectivity index is 1.95. The highest BCUT2D eigenvalue weighted by Crippen LogP contribution is 2.24. The van der Waals surface area contributed by atoms with Crippen LogP contribution in [0.4, 0.5) is 0 Å². The predicted molar refractivity (Wildman–Crippen MR) is 61.0 cm³/mol. The maximum absolute atomic E-state index is 4.17. The fraction of sp³-hybridized carbons (Fsp3) is 0.545. The average molecular weight is 255 g/mol. The summed E-state index contributed by atoms with van der Waals surface area (Å²) in [6.07, 6.45) is 7.88. The molecule has 0 bridgehead atoms. The van der Waals surface area contributed by atoms with Gasteiger partial charge in [0, 0.05) is 29.5 Å². The number of hydrogen-bond donors (Lipinski definition) is 0. The summed E-state index contributed by atoms with van der Waals surface area (Å²) in [5.41, 5.74) is 1.29. The van der Waals surface area contributed by atoms with Gasteiger partial charge in [-0.15, -0.1) is 0 Å². The van der Waals surface area contributed by atoms with Crippen molar-refractivity contribution in [2.75, 3.05) is 7.05 Å². The van der Waals surface area contributed by atoms with Gasteiger partial charge >= 0.3 is 0 Å². The smallest absolute Gasteiger partial charge is 0.0410 e. The van der Waals surface area contributed by atoms with Crippen molar-refractivity contribution in [3.63, 3.8) is 0 Å². The van der Waals surface area contributed by atoms with Crippen molar-refractivity contribution in [2.24, 2.45) is 0 Å². The van der Waals surface area contributed by atoms with Gasteiger partial charge in [0.05, 0.1) is 0 Å². The minimum absolute atomic E-state index is 0.800. The molecule has 0 spiro atoms. The molecule has 0 saturated heterocycles. The zero-order chi connectivity index (χ0) is 9.97. The third kappa shape index (κ3) is 2.34. The highest BCUT2D eigenvalue weighted by Gasteiger charge is 2.21. The molecule has 0 unspecified atom stereocenters. The predicted octanol–water partition coefficient (Wildman–Crippen LogP) is 2.83. The van der Waals surface area contributed by atoms with Crippen LogP contribution in [0.25, 0.3) is 0 Å². The first-order chi connectivity index (χ1) is 6.75. The first-order valence-corrected chi connectivity index (χ1v) is 5.84. The van der Waals surface area contributed by atoms with Gasteiger partial charge in [-0.2, -0.15) is 0 Å². The quantitative estimate of drug-likeness (QED) is 0.825. The molecule has 1 heterocycles. The molecule has 3 heteroatoms. The highest BCUT2D eigenvalue weighted by molar-refractivity contribution is 9.10. The number of rotatable bonds is 3. The van der Waals surface area contributed by atoms with E-state index in [2.05, 4.69) is 38.9 Å². The van der Waals surface area contributed by atoms with Crippen molar-refractivity contribution in [3.05, 3.63) is 28.5 Å². The fourth-order valence-corrected chi connectivity index (χ4v) is 2.20. The molecule has 2 rings (SSSR count). The third-order valence-corrected chi connectivity index (χ3v) is 3.33. The molecular weight excluding hydrogens is 240 g/mol. The molecule has 1 fully saturated rings. The minimum atomic E-state index is 0.800. The van der Waals surface area contributed by atoms with Crippen molar-refractivity contribution < 1.29 is 0 Å². The Labute approximate surface area is 93.5 Å². The van der Waals surface area contributed by atoms with E-state index < -0.39 is 0 Å². The first-order valence-electron chi connectivity index (χ1n) is 5.05. The van der Waals surface area contributed by atoms with Crippen LogP contribution >= 0.6 is 15.9 Å². The molecule has 76 valence electrons. The molecule has 1 aliphatic rings. The van der Waals surface area contributed by atoms with Crippen molar-refractivity contribution in [2.45, 2.75) is 31.8 Å². The van der Waals surface area contributed by atoms with E-state index >= 15 is 0 Å². The lowest BCUT2D eigenvalue weighted by Gasteiger charge is -2.34. The lowest BCUT2D eigenvalue weighted by atomic mass is 9.92. The molecule has 2 nitrogen and oxygen atoms in total. The van der Waals surface area contributed by atoms with E-state index in [4.69, 9.17) is 0 Å². The number of nitrogens with zero attached hydrogens (tertiary/aromatic N) is 2. The van der Waals surface area contributed by atoms with Crippen LogP contribution in [-0.4, -0.2) is 23.0 Å². The second-order valence-corrected chi connectivity index (χ2v) is 4.93. The van der Waals surface area contributed by atoms with Crippen LogP contribution in [0.3, 0.4) is 0 Å². The monoisotopic (exact) mass is 254 g/mol. The van der Waals surface area contributed by atoms with Crippen LogP contribution < -0.4 is 0 Å². The largest absolute Gasteiger partial charge is 0.299 e. The van der Waals surface area contributed by atoms with Gasteiger partial charge in [0.2, 0.25) is 0 Å². The molecule has 0 aliphatic heterocycles. The van der Waals surface area contributed by atoms with Crippen molar-refractivity contribution in [1.82, 2.24) is 9.88 Å². The van der Waals surface area contributed by atoms with E-state index in [0.29, 0.717) is 0 Å². The van der Waals surface area contributed by atoms with Crippen LogP contribution in [0, 0.1) is 0 Å². The Morgan fingerprint density at radius 2 is 2.29 bits per heavy atom. The van der Waals surface area contributed by atoms with Gasteiger partial charge < -0.3 is 0 Å². The summed E-state index contributed by atoms with van der Waals surface area (Å²) in [7, 11) is 2.20. The van der Waals surface area contributed by atoms with Crippen molar-refractivity contribution >= 4 is 15.9 Å². The summed E-state index contributed by atoms with van der Waals surface area (Å²) in [5.74, 6) is 0. The molecule has 0 radical (unpaired) electrons. The molecule has 0 atom stereocenters. The molecule has 1 saturated carbocycles. The van der Waals surface area contributed by atoms with Gasteiger partial charge in [-0.05, 0) is 47.4 Å². The van der Waals surface area contributed by atoms with Gasteiger partial charge in [0.1, 0.15) is 0 Å². The maximum atomic E-state index is 4.17. The Bertz CT molecular complexity index is 310. The van der Waals surface area contributed by atoms with Crippen LogP contribution in [0.5, 0.6) is 0 Å². The van der Waals surface area contributed by atoms with Gasteiger partial charge in [0.25, 0.3) is 0 Å². The summed E-state index contributed by atoms with van der Waals surface area (Å²) in [6.45, 7) is 1.01. The summed E-state index contributed by atoms with van der Waals surface area (Å²) in [5, 5.41) is 0. The fourth-order valence-electron chi connectivity index (χ4n) is 1.79. The molecule has 0 amide bonds. The standard InChI is InChI=1S/C11H15BrN2/c1-14(11-3-2-4-11)8-9-5-10(12)7-13-6-9/h5-7,11H,2-4,8H2,1H3. The Hall–Kier alpha value is -0.410. The molecule has 1 aromatic heterocycles. The summed E-state index contributed by atoms with van der Waals surface area (Å²) >= 11 is 3.44. The number of hydrogen-bond acceptors (Lipinski definition) is 2. The van der Waals surface area contributed by atoms with Crippen molar-refractivity contribution in [1.29, 1.82) is 0 Å². The number of aromatic nitrogens is 1. The van der Waals surface area contributed by atoms with Crippen LogP contribution in [0.2, 0.25) is 0 Å². The van der Waals surface area contributed by atoms with Gasteiger partial charge in [-0.3, -0.25) is 9.88 Å². The zero-order valence-electron chi connectivity index (χ0n) is 8.41. The number of halogens is 1. The summed E-state index contributed by atoms with van der Waals surface area (Å²) < 4.78 is 1.07. The van der Waals surface area contributed by atoms with Crippen LogP contribution in [0.15, 0.2) is 22.9 Å². The minimum Gasteiger partial charge on any atom is -0.299 e. The third-order valence-electron chi connectivity index (χ3n) is 2.89. The van der Waals surface area contributed by atoms with E-state index in [0.717, 1.165) is 17.1 Å². The van der Waals surface area contributed by atoms with Crippen LogP contribution in [0.1, 0.15) is 24.8 Å². The van der Waals surface area contributed by atoms with E-state index in [9.17, 15) is 0 Å². The SMILES string of the molecule is CN(Cc1cncc(Br)c1)C1CCC1. The highest BCUT2D eigenvalue weighted by atomic mass is 79.9. The van der Waals surface area contributed by atoms with Gasteiger partial charge in [-0.1, -0.05) is 6.42 Å². The Kier molecular flexibility index (Phi) is 3.19. The lowest BCUT2D eigenvalue weighted by molar-refractivity contribution is 0.152. The van der Waals surface area contributed by atoms with E-state index in [1.165, 1.54) is 24.8 Å². The topological polar surface area (TPSA) is 16.1 Å². The normalized spacial score (nSPS) is 17.1. The molecule has 1 aliphatic carbocycles. The van der Waals surface area contributed by atoms with E-state index in [-0.39, 0.29) is 0 Å².